The van der Waals surface area contributed by atoms with Crippen molar-refractivity contribution in [2.45, 2.75) is 32.6 Å². The summed E-state index contributed by atoms with van der Waals surface area (Å²) in [6.45, 7) is 3.17. The van der Waals surface area contributed by atoms with Gasteiger partial charge in [-0.2, -0.15) is 16.8 Å². The van der Waals surface area contributed by atoms with Crippen molar-refractivity contribution in [1.29, 1.82) is 0 Å². The van der Waals surface area contributed by atoms with Gasteiger partial charge in [0.1, 0.15) is 0 Å². The molecule has 25 heavy (non-hydrogen) atoms. The molecule has 0 bridgehead atoms. The average molecular weight is 403 g/mol. The van der Waals surface area contributed by atoms with Gasteiger partial charge >= 0.3 is 29.6 Å². The van der Waals surface area contributed by atoms with E-state index in [0.29, 0.717) is 38.8 Å². The maximum atomic E-state index is 10.8. The SMILES string of the molecule is Cc1cccc(N(CCCCS(=O)(=O)O)CCCCS(=O)(=O)O)c1.[H-].[Na+]. The van der Waals surface area contributed by atoms with Crippen molar-refractivity contribution < 1.29 is 56.9 Å². The zero-order valence-electron chi connectivity index (χ0n) is 15.8. The van der Waals surface area contributed by atoms with Crippen LogP contribution in [0.1, 0.15) is 32.7 Å². The van der Waals surface area contributed by atoms with Gasteiger partial charge in [0.2, 0.25) is 0 Å². The molecule has 0 spiro atoms. The summed E-state index contributed by atoms with van der Waals surface area (Å²) < 4.78 is 60.6. The molecule has 0 heterocycles. The molecule has 1 rings (SSSR count). The molecular weight excluding hydrogens is 377 g/mol. The van der Waals surface area contributed by atoms with Gasteiger partial charge in [-0.3, -0.25) is 9.11 Å². The van der Waals surface area contributed by atoms with Crippen LogP contribution in [0.3, 0.4) is 0 Å². The van der Waals surface area contributed by atoms with E-state index < -0.39 is 20.2 Å². The molecule has 10 heteroatoms. The van der Waals surface area contributed by atoms with E-state index in [-0.39, 0.29) is 42.5 Å². The second kappa shape index (κ2) is 11.5. The first-order valence-electron chi connectivity index (χ1n) is 7.79. The number of hydrogen-bond acceptors (Lipinski definition) is 5. The molecule has 2 N–H and O–H groups in total. The Morgan fingerprint density at radius 3 is 1.80 bits per heavy atom. The van der Waals surface area contributed by atoms with Gasteiger partial charge in [-0.1, -0.05) is 12.1 Å². The molecule has 0 aliphatic heterocycles. The second-order valence-electron chi connectivity index (χ2n) is 5.81. The van der Waals surface area contributed by atoms with Crippen molar-refractivity contribution >= 4 is 25.9 Å². The molecule has 140 valence electrons. The maximum Gasteiger partial charge on any atom is 1.00 e. The molecule has 7 nitrogen and oxygen atoms in total. The first kappa shape index (κ1) is 24.8. The molecule has 0 saturated carbocycles. The monoisotopic (exact) mass is 403 g/mol. The molecule has 0 aromatic heterocycles. The Hall–Kier alpha value is -0.160. The molecule has 0 aliphatic carbocycles. The van der Waals surface area contributed by atoms with Crippen LogP contribution < -0.4 is 34.5 Å². The summed E-state index contributed by atoms with van der Waals surface area (Å²) in [4.78, 5) is 2.06. The topological polar surface area (TPSA) is 112 Å². The smallest absolute Gasteiger partial charge is 1.00 e. The molecule has 0 unspecified atom stereocenters. The summed E-state index contributed by atoms with van der Waals surface area (Å²) in [7, 11) is -7.89. The van der Waals surface area contributed by atoms with Crippen molar-refractivity contribution in [2.24, 2.45) is 0 Å². The van der Waals surface area contributed by atoms with E-state index in [2.05, 4.69) is 4.90 Å². The Balaban J connectivity index is 0. The fourth-order valence-electron chi connectivity index (χ4n) is 2.37. The van der Waals surface area contributed by atoms with E-state index in [0.717, 1.165) is 11.3 Å². The Kier molecular flexibility index (Phi) is 11.5. The van der Waals surface area contributed by atoms with Gasteiger partial charge in [0.15, 0.2) is 0 Å². The van der Waals surface area contributed by atoms with Gasteiger partial charge in [-0.15, -0.1) is 0 Å². The summed E-state index contributed by atoms with van der Waals surface area (Å²) in [6.07, 6.45) is 1.89. The average Bonchev–Trinajstić information content (AvgIpc) is 2.43. The van der Waals surface area contributed by atoms with E-state index >= 15 is 0 Å². The molecular formula is C15H26NNaO6S2. The third kappa shape index (κ3) is 12.8. The summed E-state index contributed by atoms with van der Waals surface area (Å²) in [5.74, 6) is -0.533. The fourth-order valence-corrected chi connectivity index (χ4v) is 3.51. The largest absolute Gasteiger partial charge is 1.00 e. The predicted octanol–water partition coefficient (Wildman–Crippen LogP) is -0.746. The second-order valence-corrected chi connectivity index (χ2v) is 8.96. The molecule has 0 amide bonds. The molecule has 0 atom stereocenters. The van der Waals surface area contributed by atoms with Crippen LogP contribution in [0.25, 0.3) is 0 Å². The summed E-state index contributed by atoms with van der Waals surface area (Å²) in [5, 5.41) is 0. The fraction of sp³-hybridized carbons (Fsp3) is 0.600. The third-order valence-corrected chi connectivity index (χ3v) is 5.14. The maximum absolute atomic E-state index is 10.8. The quantitative estimate of drug-likeness (QED) is 0.284. The minimum Gasteiger partial charge on any atom is -1.00 e. The van der Waals surface area contributed by atoms with Crippen molar-refractivity contribution in [1.82, 2.24) is 0 Å². The number of unbranched alkanes of at least 4 members (excludes halogenated alkanes) is 2. The summed E-state index contributed by atoms with van der Waals surface area (Å²) in [6, 6.07) is 7.84. The summed E-state index contributed by atoms with van der Waals surface area (Å²) in [5.41, 5.74) is 2.07. The van der Waals surface area contributed by atoms with Crippen molar-refractivity contribution in [3.63, 3.8) is 0 Å². The molecule has 0 radical (unpaired) electrons. The van der Waals surface area contributed by atoms with Gasteiger partial charge in [0.25, 0.3) is 20.2 Å². The predicted molar refractivity (Wildman–Crippen MR) is 95.8 cm³/mol. The van der Waals surface area contributed by atoms with Crippen LogP contribution in [-0.2, 0) is 20.2 Å². The van der Waals surface area contributed by atoms with Crippen LogP contribution in [0.4, 0.5) is 5.69 Å². The Bertz CT molecular complexity index is 687. The third-order valence-electron chi connectivity index (χ3n) is 3.53. The van der Waals surface area contributed by atoms with Crippen LogP contribution in [0, 0.1) is 6.92 Å². The minimum atomic E-state index is -3.94. The molecule has 1 aromatic carbocycles. The Morgan fingerprint density at radius 1 is 0.920 bits per heavy atom. The van der Waals surface area contributed by atoms with Crippen LogP contribution >= 0.6 is 0 Å². The van der Waals surface area contributed by atoms with Crippen molar-refractivity contribution in [3.8, 4) is 0 Å². The van der Waals surface area contributed by atoms with E-state index in [1.807, 2.05) is 31.2 Å². The molecule has 0 saturated heterocycles. The molecule has 0 aliphatic rings. The van der Waals surface area contributed by atoms with Gasteiger partial charge < -0.3 is 6.33 Å². The number of rotatable bonds is 11. The molecule has 0 fully saturated rings. The van der Waals surface area contributed by atoms with Gasteiger partial charge in [0, 0.05) is 18.8 Å². The van der Waals surface area contributed by atoms with Gasteiger partial charge in [-0.25, -0.2) is 0 Å². The van der Waals surface area contributed by atoms with E-state index in [9.17, 15) is 16.8 Å². The first-order chi connectivity index (χ1) is 11.1. The van der Waals surface area contributed by atoms with E-state index in [4.69, 9.17) is 9.11 Å². The normalized spacial score (nSPS) is 11.8. The number of hydrogen-bond donors (Lipinski definition) is 2. The Morgan fingerprint density at radius 2 is 1.40 bits per heavy atom. The van der Waals surface area contributed by atoms with Gasteiger partial charge in [-0.05, 0) is 50.3 Å². The standard InChI is InChI=1S/C15H25NO6S2.Na.H/c1-14-7-6-8-15(13-14)16(9-2-4-11-23(17,18)19)10-3-5-12-24(20,21)22;;/h6-8,13H,2-5,9-12H2,1H3,(H,17,18,19)(H,20,21,22);;/q;+1;-1. The van der Waals surface area contributed by atoms with Crippen LogP contribution in [0.5, 0.6) is 0 Å². The van der Waals surface area contributed by atoms with Crippen LogP contribution in [-0.4, -0.2) is 50.5 Å². The number of nitrogens with zero attached hydrogens (tertiary/aromatic N) is 1. The number of aryl methyl sites for hydroxylation is 1. The van der Waals surface area contributed by atoms with Crippen molar-refractivity contribution in [2.75, 3.05) is 29.5 Å². The first-order valence-corrected chi connectivity index (χ1v) is 11.0. The van der Waals surface area contributed by atoms with Crippen LogP contribution in [0.15, 0.2) is 24.3 Å². The van der Waals surface area contributed by atoms with E-state index in [1.54, 1.807) is 0 Å². The van der Waals surface area contributed by atoms with Crippen molar-refractivity contribution in [3.05, 3.63) is 29.8 Å². The summed E-state index contributed by atoms with van der Waals surface area (Å²) >= 11 is 0. The zero-order valence-corrected chi connectivity index (χ0v) is 18.4. The Labute approximate surface area is 174 Å². The zero-order chi connectivity index (χ0) is 18.2. The van der Waals surface area contributed by atoms with E-state index in [1.165, 1.54) is 0 Å². The molecule has 1 aromatic rings. The number of anilines is 1. The van der Waals surface area contributed by atoms with Gasteiger partial charge in [0.05, 0.1) is 11.5 Å². The number of benzene rings is 1. The van der Waals surface area contributed by atoms with Crippen LogP contribution in [0.2, 0.25) is 0 Å². The minimum absolute atomic E-state index is 0.